The molecule has 0 saturated heterocycles. The molecule has 3 rings (SSSR count). The number of para-hydroxylation sites is 1. The Morgan fingerprint density at radius 2 is 2.00 bits per heavy atom. The second-order valence-electron chi connectivity index (χ2n) is 6.33. The van der Waals surface area contributed by atoms with E-state index in [2.05, 4.69) is 10.5 Å². The molecule has 1 heterocycles. The Bertz CT molecular complexity index is 1070. The minimum absolute atomic E-state index is 0.0535. The Morgan fingerprint density at radius 1 is 1.21 bits per heavy atom. The number of amides is 1. The van der Waals surface area contributed by atoms with Crippen LogP contribution in [0.4, 0.5) is 5.69 Å². The van der Waals surface area contributed by atoms with Crippen LogP contribution in [-0.4, -0.2) is 23.7 Å². The molecule has 0 aliphatic carbocycles. The van der Waals surface area contributed by atoms with Crippen LogP contribution in [0.3, 0.4) is 0 Å². The number of aryl methyl sites for hydroxylation is 2. The van der Waals surface area contributed by atoms with Crippen molar-refractivity contribution in [3.8, 4) is 17.1 Å². The van der Waals surface area contributed by atoms with E-state index in [0.717, 1.165) is 11.1 Å². The summed E-state index contributed by atoms with van der Waals surface area (Å²) in [6, 6.07) is 15.2. The number of furan rings is 1. The van der Waals surface area contributed by atoms with Crippen LogP contribution in [-0.2, 0) is 4.79 Å². The maximum Gasteiger partial charge on any atom is 0.280 e. The topological polar surface area (TPSA) is 107 Å². The van der Waals surface area contributed by atoms with Crippen molar-refractivity contribution in [1.82, 2.24) is 5.43 Å². The van der Waals surface area contributed by atoms with Crippen molar-refractivity contribution in [3.63, 3.8) is 0 Å². The highest BCUT2D eigenvalue weighted by Gasteiger charge is 2.16. The zero-order valence-corrected chi connectivity index (χ0v) is 15.9. The summed E-state index contributed by atoms with van der Waals surface area (Å²) in [5.74, 6) is 0.888. The molecule has 0 atom stereocenters. The number of carbonyl (C=O) groups excluding carboxylic acids is 1. The number of nitro benzene ring substituents is 1. The van der Waals surface area contributed by atoms with Crippen LogP contribution in [0.25, 0.3) is 11.3 Å². The van der Waals surface area contributed by atoms with Gasteiger partial charge in [-0.3, -0.25) is 14.9 Å². The Balaban J connectivity index is 1.57. The van der Waals surface area contributed by atoms with Crippen molar-refractivity contribution in [2.75, 3.05) is 6.61 Å². The summed E-state index contributed by atoms with van der Waals surface area (Å²) in [6.45, 7) is 3.71. The van der Waals surface area contributed by atoms with E-state index < -0.39 is 10.8 Å². The van der Waals surface area contributed by atoms with Crippen molar-refractivity contribution in [3.05, 3.63) is 81.6 Å². The molecule has 29 heavy (non-hydrogen) atoms. The Morgan fingerprint density at radius 3 is 2.76 bits per heavy atom. The molecule has 1 amide bonds. The molecule has 3 aromatic rings. The highest BCUT2D eigenvalue weighted by atomic mass is 16.6. The van der Waals surface area contributed by atoms with Gasteiger partial charge in [-0.05, 0) is 43.7 Å². The van der Waals surface area contributed by atoms with E-state index >= 15 is 0 Å². The van der Waals surface area contributed by atoms with Gasteiger partial charge in [0.2, 0.25) is 0 Å². The first-order chi connectivity index (χ1) is 13.9. The summed E-state index contributed by atoms with van der Waals surface area (Å²) >= 11 is 0. The maximum absolute atomic E-state index is 11.9. The lowest BCUT2D eigenvalue weighted by Gasteiger charge is -2.08. The largest absolute Gasteiger partial charge is 0.483 e. The molecule has 0 bridgehead atoms. The molecule has 8 heteroatoms. The van der Waals surface area contributed by atoms with E-state index in [-0.39, 0.29) is 12.3 Å². The van der Waals surface area contributed by atoms with Crippen molar-refractivity contribution in [2.24, 2.45) is 5.10 Å². The lowest BCUT2D eigenvalue weighted by Crippen LogP contribution is -2.24. The number of hydrogen-bond acceptors (Lipinski definition) is 6. The van der Waals surface area contributed by atoms with Crippen LogP contribution in [0.1, 0.15) is 16.9 Å². The van der Waals surface area contributed by atoms with Crippen LogP contribution in [0.15, 0.2) is 64.1 Å². The van der Waals surface area contributed by atoms with Gasteiger partial charge in [-0.25, -0.2) is 5.43 Å². The second-order valence-corrected chi connectivity index (χ2v) is 6.33. The summed E-state index contributed by atoms with van der Waals surface area (Å²) in [5.41, 5.74) is 4.72. The SMILES string of the molecule is Cc1ccc(OCC(=O)N/N=C\c2ccc(-c3ccccc3[N+](=O)[O-])o2)c(C)c1. The van der Waals surface area contributed by atoms with E-state index in [1.54, 1.807) is 30.3 Å². The number of nitrogens with one attached hydrogen (secondary N) is 1. The third kappa shape index (κ3) is 5.07. The van der Waals surface area contributed by atoms with Crippen molar-refractivity contribution < 1.29 is 18.9 Å². The highest BCUT2D eigenvalue weighted by molar-refractivity contribution is 5.82. The highest BCUT2D eigenvalue weighted by Crippen LogP contribution is 2.30. The van der Waals surface area contributed by atoms with E-state index in [4.69, 9.17) is 9.15 Å². The lowest BCUT2D eigenvalue weighted by molar-refractivity contribution is -0.384. The predicted molar refractivity (Wildman–Crippen MR) is 108 cm³/mol. The smallest absolute Gasteiger partial charge is 0.280 e. The van der Waals surface area contributed by atoms with Gasteiger partial charge in [0.05, 0.1) is 16.7 Å². The number of ether oxygens (including phenoxy) is 1. The number of benzene rings is 2. The number of nitrogens with zero attached hydrogens (tertiary/aromatic N) is 2. The Hall–Kier alpha value is -3.94. The van der Waals surface area contributed by atoms with Gasteiger partial charge in [0, 0.05) is 6.07 Å². The molecule has 1 N–H and O–H groups in total. The monoisotopic (exact) mass is 393 g/mol. The fourth-order valence-electron chi connectivity index (χ4n) is 2.71. The molecule has 8 nitrogen and oxygen atoms in total. The molecule has 0 saturated carbocycles. The third-order valence-corrected chi connectivity index (χ3v) is 4.06. The minimum atomic E-state index is -0.471. The number of carbonyl (C=O) groups is 1. The number of rotatable bonds is 7. The molecule has 0 unspecified atom stereocenters. The number of nitro groups is 1. The van der Waals surface area contributed by atoms with Crippen molar-refractivity contribution in [2.45, 2.75) is 13.8 Å². The summed E-state index contributed by atoms with van der Waals surface area (Å²) < 4.78 is 11.0. The van der Waals surface area contributed by atoms with Gasteiger partial charge >= 0.3 is 0 Å². The number of hydrogen-bond donors (Lipinski definition) is 1. The van der Waals surface area contributed by atoms with Crippen molar-refractivity contribution >= 4 is 17.8 Å². The molecular weight excluding hydrogens is 374 g/mol. The summed E-state index contributed by atoms with van der Waals surface area (Å²) in [5, 5.41) is 15.0. The van der Waals surface area contributed by atoms with Gasteiger partial charge in [0.15, 0.2) is 6.61 Å². The first kappa shape index (κ1) is 19.8. The fraction of sp³-hybridized carbons (Fsp3) is 0.143. The molecule has 148 valence electrons. The summed E-state index contributed by atoms with van der Waals surface area (Å²) in [6.07, 6.45) is 1.31. The van der Waals surface area contributed by atoms with Crippen molar-refractivity contribution in [1.29, 1.82) is 0 Å². The lowest BCUT2D eigenvalue weighted by atomic mass is 10.1. The Kier molecular flexibility index (Phi) is 6.03. The van der Waals surface area contributed by atoms with Crippen LogP contribution >= 0.6 is 0 Å². The maximum atomic E-state index is 11.9. The van der Waals surface area contributed by atoms with Gasteiger partial charge in [-0.2, -0.15) is 5.10 Å². The van der Waals surface area contributed by atoms with Gasteiger partial charge in [0.1, 0.15) is 17.3 Å². The molecule has 0 aliphatic heterocycles. The molecule has 0 aliphatic rings. The average Bonchev–Trinajstić information content (AvgIpc) is 3.16. The average molecular weight is 393 g/mol. The quantitative estimate of drug-likeness (QED) is 0.371. The van der Waals surface area contributed by atoms with Crippen LogP contribution in [0.2, 0.25) is 0 Å². The third-order valence-electron chi connectivity index (χ3n) is 4.06. The van der Waals surface area contributed by atoms with E-state index in [0.29, 0.717) is 22.8 Å². The molecular formula is C21H19N3O5. The summed E-state index contributed by atoms with van der Waals surface area (Å²) in [7, 11) is 0. The zero-order valence-electron chi connectivity index (χ0n) is 15.9. The van der Waals surface area contributed by atoms with E-state index in [9.17, 15) is 14.9 Å². The number of hydrazone groups is 1. The van der Waals surface area contributed by atoms with Gasteiger partial charge in [-0.1, -0.05) is 29.8 Å². The second kappa shape index (κ2) is 8.83. The normalized spacial score (nSPS) is 10.8. The zero-order chi connectivity index (χ0) is 20.8. The minimum Gasteiger partial charge on any atom is -0.483 e. The van der Waals surface area contributed by atoms with E-state index in [1.807, 2.05) is 32.0 Å². The standard InChI is InChI=1S/C21H19N3O5/c1-14-7-9-19(15(2)11-14)28-13-21(25)23-22-12-16-8-10-20(29-16)17-5-3-4-6-18(17)24(26)27/h3-12H,13H2,1-2H3,(H,23,25)/b22-12-. The molecule has 0 radical (unpaired) electrons. The van der Waals surface area contributed by atoms with Crippen LogP contribution in [0.5, 0.6) is 5.75 Å². The molecule has 1 aromatic heterocycles. The van der Waals surface area contributed by atoms with Crippen LogP contribution < -0.4 is 10.2 Å². The van der Waals surface area contributed by atoms with Gasteiger partial charge in [-0.15, -0.1) is 0 Å². The first-order valence-electron chi connectivity index (χ1n) is 8.79. The van der Waals surface area contributed by atoms with E-state index in [1.165, 1.54) is 12.3 Å². The first-order valence-corrected chi connectivity index (χ1v) is 8.79. The van der Waals surface area contributed by atoms with Crippen LogP contribution in [0, 0.1) is 24.0 Å². The molecule has 2 aromatic carbocycles. The Labute approximate surface area is 167 Å². The van der Waals surface area contributed by atoms with Gasteiger partial charge in [0.25, 0.3) is 11.6 Å². The summed E-state index contributed by atoms with van der Waals surface area (Å²) in [4.78, 5) is 22.5. The fourth-order valence-corrected chi connectivity index (χ4v) is 2.71. The van der Waals surface area contributed by atoms with Gasteiger partial charge < -0.3 is 9.15 Å². The predicted octanol–water partition coefficient (Wildman–Crippen LogP) is 4.00. The molecule has 0 fully saturated rings. The molecule has 0 spiro atoms.